The molecule has 0 heterocycles. The van der Waals surface area contributed by atoms with E-state index in [1.165, 1.54) is 30.3 Å². The maximum absolute atomic E-state index is 12.2. The molecule has 1 N–H and O–H groups in total. The van der Waals surface area contributed by atoms with Gasteiger partial charge in [0.05, 0.1) is 27.4 Å². The van der Waals surface area contributed by atoms with E-state index in [-0.39, 0.29) is 20.6 Å². The SMILES string of the molecule is N#Cc1cccc(NS(=O)(=O)c2cccc(Cl)c2Cl)c1. The van der Waals surface area contributed by atoms with E-state index in [2.05, 4.69) is 4.72 Å². The Labute approximate surface area is 126 Å². The van der Waals surface area contributed by atoms with Gasteiger partial charge in [0.25, 0.3) is 10.0 Å². The second kappa shape index (κ2) is 5.71. The van der Waals surface area contributed by atoms with Gasteiger partial charge in [0.15, 0.2) is 0 Å². The van der Waals surface area contributed by atoms with Crippen LogP contribution < -0.4 is 4.72 Å². The molecule has 2 rings (SSSR count). The van der Waals surface area contributed by atoms with Gasteiger partial charge in [-0.2, -0.15) is 5.26 Å². The molecule has 0 aliphatic heterocycles. The van der Waals surface area contributed by atoms with Crippen molar-refractivity contribution >= 4 is 38.9 Å². The predicted molar refractivity (Wildman–Crippen MR) is 78.4 cm³/mol. The Hall–Kier alpha value is -1.74. The summed E-state index contributed by atoms with van der Waals surface area (Å²) in [5, 5.41) is 8.90. The highest BCUT2D eigenvalue weighted by Crippen LogP contribution is 2.30. The number of benzene rings is 2. The van der Waals surface area contributed by atoms with E-state index < -0.39 is 10.0 Å². The number of rotatable bonds is 3. The third-order valence-electron chi connectivity index (χ3n) is 2.45. The number of anilines is 1. The number of nitrogens with zero attached hydrogens (tertiary/aromatic N) is 1. The monoisotopic (exact) mass is 326 g/mol. The molecule has 0 fully saturated rings. The van der Waals surface area contributed by atoms with Crippen LogP contribution in [0.3, 0.4) is 0 Å². The molecule has 7 heteroatoms. The van der Waals surface area contributed by atoms with Crippen LogP contribution in [0.15, 0.2) is 47.4 Å². The Kier molecular flexibility index (Phi) is 4.19. The van der Waals surface area contributed by atoms with Gasteiger partial charge in [0.2, 0.25) is 0 Å². The highest BCUT2D eigenvalue weighted by atomic mass is 35.5. The largest absolute Gasteiger partial charge is 0.280 e. The van der Waals surface area contributed by atoms with Crippen molar-refractivity contribution in [3.05, 3.63) is 58.1 Å². The number of sulfonamides is 1. The van der Waals surface area contributed by atoms with Crippen LogP contribution in [0.5, 0.6) is 0 Å². The molecule has 0 amide bonds. The predicted octanol–water partition coefficient (Wildman–Crippen LogP) is 3.67. The van der Waals surface area contributed by atoms with Crippen molar-refractivity contribution in [2.45, 2.75) is 4.90 Å². The number of hydrogen-bond donors (Lipinski definition) is 1. The van der Waals surface area contributed by atoms with Gasteiger partial charge in [-0.3, -0.25) is 4.72 Å². The molecule has 0 spiro atoms. The summed E-state index contributed by atoms with van der Waals surface area (Å²) in [7, 11) is -3.87. The standard InChI is InChI=1S/C13H8Cl2N2O2S/c14-11-5-2-6-12(13(11)15)20(18,19)17-10-4-1-3-9(7-10)8-16/h1-7,17H. The van der Waals surface area contributed by atoms with E-state index in [1.807, 2.05) is 6.07 Å². The Bertz CT molecular complexity index is 798. The van der Waals surface area contributed by atoms with Gasteiger partial charge in [-0.1, -0.05) is 35.3 Å². The zero-order valence-electron chi connectivity index (χ0n) is 9.97. The summed E-state index contributed by atoms with van der Waals surface area (Å²) in [6, 6.07) is 12.4. The van der Waals surface area contributed by atoms with E-state index in [4.69, 9.17) is 28.5 Å². The molecule has 102 valence electrons. The maximum atomic E-state index is 12.2. The van der Waals surface area contributed by atoms with Crippen molar-refractivity contribution in [2.24, 2.45) is 0 Å². The van der Waals surface area contributed by atoms with Crippen molar-refractivity contribution in [3.8, 4) is 6.07 Å². The van der Waals surface area contributed by atoms with Gasteiger partial charge >= 0.3 is 0 Å². The molecule has 0 aliphatic carbocycles. The van der Waals surface area contributed by atoms with Crippen LogP contribution in [0, 0.1) is 11.3 Å². The lowest BCUT2D eigenvalue weighted by Crippen LogP contribution is -2.13. The van der Waals surface area contributed by atoms with Crippen molar-refractivity contribution < 1.29 is 8.42 Å². The lowest BCUT2D eigenvalue weighted by molar-refractivity contribution is 0.601. The fraction of sp³-hybridized carbons (Fsp3) is 0. The summed E-state index contributed by atoms with van der Waals surface area (Å²) in [5.41, 5.74) is 0.627. The summed E-state index contributed by atoms with van der Waals surface area (Å²) < 4.78 is 26.8. The highest BCUT2D eigenvalue weighted by molar-refractivity contribution is 7.92. The fourth-order valence-electron chi connectivity index (χ4n) is 1.55. The molecular formula is C13H8Cl2N2O2S. The van der Waals surface area contributed by atoms with Crippen LogP contribution >= 0.6 is 23.2 Å². The number of halogens is 2. The molecule has 20 heavy (non-hydrogen) atoms. The second-order valence-electron chi connectivity index (χ2n) is 3.85. The second-order valence-corrected chi connectivity index (χ2v) is 6.29. The Morgan fingerprint density at radius 3 is 2.50 bits per heavy atom. The first kappa shape index (κ1) is 14.7. The molecule has 0 atom stereocenters. The van der Waals surface area contributed by atoms with Crippen LogP contribution in [-0.4, -0.2) is 8.42 Å². The van der Waals surface area contributed by atoms with Crippen LogP contribution in [0.2, 0.25) is 10.0 Å². The molecule has 0 saturated heterocycles. The third-order valence-corrected chi connectivity index (χ3v) is 4.80. The van der Waals surface area contributed by atoms with E-state index in [0.29, 0.717) is 5.56 Å². The molecule has 2 aromatic rings. The van der Waals surface area contributed by atoms with E-state index in [0.717, 1.165) is 0 Å². The van der Waals surface area contributed by atoms with Crippen molar-refractivity contribution in [1.29, 1.82) is 5.26 Å². The highest BCUT2D eigenvalue weighted by Gasteiger charge is 2.19. The topological polar surface area (TPSA) is 70.0 Å². The third kappa shape index (κ3) is 3.05. The normalized spacial score (nSPS) is 10.8. The van der Waals surface area contributed by atoms with Crippen LogP contribution in [0.4, 0.5) is 5.69 Å². The summed E-state index contributed by atoms with van der Waals surface area (Å²) >= 11 is 11.7. The van der Waals surface area contributed by atoms with E-state index >= 15 is 0 Å². The lowest BCUT2D eigenvalue weighted by atomic mass is 10.2. The molecular weight excluding hydrogens is 319 g/mol. The molecule has 0 aromatic heterocycles. The van der Waals surface area contributed by atoms with Crippen molar-refractivity contribution in [2.75, 3.05) is 4.72 Å². The average Bonchev–Trinajstić information content (AvgIpc) is 2.41. The number of nitrogens with one attached hydrogen (secondary N) is 1. The van der Waals surface area contributed by atoms with Gasteiger partial charge in [-0.25, -0.2) is 8.42 Å². The Morgan fingerprint density at radius 1 is 1.10 bits per heavy atom. The van der Waals surface area contributed by atoms with Crippen LogP contribution in [0.25, 0.3) is 0 Å². The van der Waals surface area contributed by atoms with Gasteiger partial charge in [0.1, 0.15) is 4.90 Å². The molecule has 0 bridgehead atoms. The van der Waals surface area contributed by atoms with E-state index in [1.54, 1.807) is 12.1 Å². The summed E-state index contributed by atoms with van der Waals surface area (Å²) in [5.74, 6) is 0. The average molecular weight is 327 g/mol. The number of hydrogen-bond acceptors (Lipinski definition) is 3. The first-order valence-electron chi connectivity index (χ1n) is 5.41. The maximum Gasteiger partial charge on any atom is 0.263 e. The van der Waals surface area contributed by atoms with Gasteiger partial charge in [-0.15, -0.1) is 0 Å². The smallest absolute Gasteiger partial charge is 0.263 e. The molecule has 0 radical (unpaired) electrons. The Balaban J connectivity index is 2.41. The zero-order chi connectivity index (χ0) is 14.8. The minimum atomic E-state index is -3.87. The van der Waals surface area contributed by atoms with Gasteiger partial charge in [0, 0.05) is 0 Å². The van der Waals surface area contributed by atoms with Crippen molar-refractivity contribution in [1.82, 2.24) is 0 Å². The molecule has 4 nitrogen and oxygen atoms in total. The number of nitriles is 1. The fourth-order valence-corrected chi connectivity index (χ4v) is 3.37. The summed E-state index contributed by atoms with van der Waals surface area (Å²) in [4.78, 5) is -0.117. The minimum absolute atomic E-state index is 0.0434. The molecule has 0 saturated carbocycles. The van der Waals surface area contributed by atoms with Gasteiger partial charge in [-0.05, 0) is 30.3 Å². The summed E-state index contributed by atoms with van der Waals surface area (Å²) in [6.45, 7) is 0. The Morgan fingerprint density at radius 2 is 1.80 bits per heavy atom. The quantitative estimate of drug-likeness (QED) is 0.935. The first-order valence-corrected chi connectivity index (χ1v) is 7.65. The lowest BCUT2D eigenvalue weighted by Gasteiger charge is -2.10. The molecule has 0 aliphatic rings. The summed E-state index contributed by atoms with van der Waals surface area (Å²) in [6.07, 6.45) is 0. The van der Waals surface area contributed by atoms with Crippen molar-refractivity contribution in [3.63, 3.8) is 0 Å². The first-order chi connectivity index (χ1) is 9.44. The molecule has 2 aromatic carbocycles. The zero-order valence-corrected chi connectivity index (χ0v) is 12.3. The molecule has 0 unspecified atom stereocenters. The van der Waals surface area contributed by atoms with Crippen LogP contribution in [0.1, 0.15) is 5.56 Å². The van der Waals surface area contributed by atoms with E-state index in [9.17, 15) is 8.42 Å². The van der Waals surface area contributed by atoms with Crippen LogP contribution in [-0.2, 0) is 10.0 Å². The van der Waals surface area contributed by atoms with Gasteiger partial charge < -0.3 is 0 Å². The minimum Gasteiger partial charge on any atom is -0.280 e.